The molecular weight excluding hydrogens is 394 g/mol. The second kappa shape index (κ2) is 10.3. The SMILES string of the molecule is O=C(O)C(C1CCOCC1)N(C/C(=N/O)c1cc(F)cc(F)c1)Cc1ccccc1. The maximum atomic E-state index is 13.7. The first kappa shape index (κ1) is 21.9. The average molecular weight is 418 g/mol. The maximum absolute atomic E-state index is 13.7. The lowest BCUT2D eigenvalue weighted by Crippen LogP contribution is -2.49. The molecule has 3 rings (SSSR count). The number of oxime groups is 1. The fourth-order valence-corrected chi connectivity index (χ4v) is 3.85. The number of benzene rings is 2. The van der Waals surface area contributed by atoms with Crippen molar-refractivity contribution in [1.29, 1.82) is 0 Å². The summed E-state index contributed by atoms with van der Waals surface area (Å²) in [6.45, 7) is 1.13. The fourth-order valence-electron chi connectivity index (χ4n) is 3.85. The Kier molecular flexibility index (Phi) is 7.48. The van der Waals surface area contributed by atoms with Crippen LogP contribution in [0.2, 0.25) is 0 Å². The zero-order chi connectivity index (χ0) is 21.5. The normalized spacial score (nSPS) is 16.6. The molecule has 0 aromatic heterocycles. The zero-order valence-corrected chi connectivity index (χ0v) is 16.4. The van der Waals surface area contributed by atoms with Crippen LogP contribution in [-0.2, 0) is 16.1 Å². The Morgan fingerprint density at radius 3 is 2.33 bits per heavy atom. The monoisotopic (exact) mass is 418 g/mol. The van der Waals surface area contributed by atoms with Crippen molar-refractivity contribution in [3.8, 4) is 0 Å². The number of hydrogen-bond donors (Lipinski definition) is 2. The summed E-state index contributed by atoms with van der Waals surface area (Å²) in [4.78, 5) is 13.9. The lowest BCUT2D eigenvalue weighted by molar-refractivity contribution is -0.147. The van der Waals surface area contributed by atoms with Gasteiger partial charge in [-0.1, -0.05) is 35.5 Å². The van der Waals surface area contributed by atoms with Gasteiger partial charge < -0.3 is 15.1 Å². The Morgan fingerprint density at radius 2 is 1.77 bits per heavy atom. The van der Waals surface area contributed by atoms with Crippen molar-refractivity contribution in [3.05, 3.63) is 71.3 Å². The second-order valence-electron chi connectivity index (χ2n) is 7.33. The molecule has 160 valence electrons. The number of ether oxygens (including phenoxy) is 1. The van der Waals surface area contributed by atoms with Gasteiger partial charge >= 0.3 is 5.97 Å². The fraction of sp³-hybridized carbons (Fsp3) is 0.364. The summed E-state index contributed by atoms with van der Waals surface area (Å²) < 4.78 is 32.7. The molecule has 1 aliphatic rings. The molecule has 0 aliphatic carbocycles. The van der Waals surface area contributed by atoms with Crippen LogP contribution in [0.25, 0.3) is 0 Å². The van der Waals surface area contributed by atoms with E-state index in [1.54, 1.807) is 4.90 Å². The summed E-state index contributed by atoms with van der Waals surface area (Å²) in [5.74, 6) is -2.77. The number of carbonyl (C=O) groups is 1. The lowest BCUT2D eigenvalue weighted by atomic mass is 9.90. The van der Waals surface area contributed by atoms with Gasteiger partial charge in [-0.05, 0) is 36.5 Å². The number of hydrogen-bond acceptors (Lipinski definition) is 5. The van der Waals surface area contributed by atoms with E-state index in [1.807, 2.05) is 30.3 Å². The smallest absolute Gasteiger partial charge is 0.321 e. The molecule has 1 aliphatic heterocycles. The van der Waals surface area contributed by atoms with Crippen molar-refractivity contribution in [2.24, 2.45) is 11.1 Å². The van der Waals surface area contributed by atoms with Crippen LogP contribution in [0.15, 0.2) is 53.7 Å². The van der Waals surface area contributed by atoms with Crippen LogP contribution in [0.4, 0.5) is 8.78 Å². The van der Waals surface area contributed by atoms with E-state index in [0.29, 0.717) is 26.1 Å². The van der Waals surface area contributed by atoms with Crippen LogP contribution in [0, 0.1) is 17.6 Å². The molecule has 1 unspecified atom stereocenters. The highest BCUT2D eigenvalue weighted by Crippen LogP contribution is 2.25. The molecule has 30 heavy (non-hydrogen) atoms. The number of rotatable bonds is 8. The predicted molar refractivity (Wildman–Crippen MR) is 107 cm³/mol. The van der Waals surface area contributed by atoms with E-state index in [-0.39, 0.29) is 30.3 Å². The summed E-state index contributed by atoms with van der Waals surface area (Å²) >= 11 is 0. The Morgan fingerprint density at radius 1 is 1.13 bits per heavy atom. The number of nitrogens with zero attached hydrogens (tertiary/aromatic N) is 2. The van der Waals surface area contributed by atoms with Crippen LogP contribution in [0.5, 0.6) is 0 Å². The number of aliphatic carboxylic acids is 1. The van der Waals surface area contributed by atoms with Crippen molar-refractivity contribution in [2.45, 2.75) is 25.4 Å². The predicted octanol–water partition coefficient (Wildman–Crippen LogP) is 3.53. The number of halogens is 2. The summed E-state index contributed by atoms with van der Waals surface area (Å²) in [6.07, 6.45) is 1.17. The molecule has 2 N–H and O–H groups in total. The van der Waals surface area contributed by atoms with Crippen LogP contribution in [0.1, 0.15) is 24.0 Å². The van der Waals surface area contributed by atoms with E-state index in [1.165, 1.54) is 0 Å². The summed E-state index contributed by atoms with van der Waals surface area (Å²) in [6, 6.07) is 11.3. The van der Waals surface area contributed by atoms with Gasteiger partial charge in [-0.15, -0.1) is 0 Å². The van der Waals surface area contributed by atoms with Gasteiger partial charge in [-0.2, -0.15) is 0 Å². The van der Waals surface area contributed by atoms with E-state index >= 15 is 0 Å². The van der Waals surface area contributed by atoms with Crippen LogP contribution in [0.3, 0.4) is 0 Å². The number of carboxylic acids is 1. The van der Waals surface area contributed by atoms with Crippen LogP contribution < -0.4 is 0 Å². The van der Waals surface area contributed by atoms with Crippen LogP contribution >= 0.6 is 0 Å². The molecule has 1 saturated heterocycles. The molecule has 1 atom stereocenters. The second-order valence-corrected chi connectivity index (χ2v) is 7.33. The lowest BCUT2D eigenvalue weighted by Gasteiger charge is -2.36. The van der Waals surface area contributed by atoms with Crippen molar-refractivity contribution in [1.82, 2.24) is 4.90 Å². The van der Waals surface area contributed by atoms with Crippen LogP contribution in [-0.4, -0.2) is 52.7 Å². The first-order valence-corrected chi connectivity index (χ1v) is 9.74. The summed E-state index contributed by atoms with van der Waals surface area (Å²) in [7, 11) is 0. The summed E-state index contributed by atoms with van der Waals surface area (Å²) in [5, 5.41) is 22.8. The highest BCUT2D eigenvalue weighted by atomic mass is 19.1. The topological polar surface area (TPSA) is 82.4 Å². The highest BCUT2D eigenvalue weighted by molar-refractivity contribution is 6.02. The van der Waals surface area contributed by atoms with Gasteiger partial charge in [0.2, 0.25) is 0 Å². The maximum Gasteiger partial charge on any atom is 0.321 e. The quantitative estimate of drug-likeness (QED) is 0.389. The number of carboxylic acid groups (broad SMARTS) is 1. The van der Waals surface area contributed by atoms with E-state index in [0.717, 1.165) is 23.8 Å². The molecule has 8 heteroatoms. The van der Waals surface area contributed by atoms with Gasteiger partial charge in [0.05, 0.1) is 0 Å². The third kappa shape index (κ3) is 5.61. The Balaban J connectivity index is 1.93. The first-order valence-electron chi connectivity index (χ1n) is 9.74. The molecule has 0 radical (unpaired) electrons. The molecule has 2 aromatic carbocycles. The van der Waals surface area contributed by atoms with Crippen molar-refractivity contribution in [2.75, 3.05) is 19.8 Å². The molecule has 6 nitrogen and oxygen atoms in total. The molecule has 0 bridgehead atoms. The molecule has 0 amide bonds. The molecule has 0 saturated carbocycles. The van der Waals surface area contributed by atoms with E-state index < -0.39 is 23.6 Å². The molecular formula is C22H24F2N2O4. The van der Waals surface area contributed by atoms with Gasteiger partial charge in [-0.3, -0.25) is 9.69 Å². The molecule has 2 aromatic rings. The van der Waals surface area contributed by atoms with Gasteiger partial charge in [0, 0.05) is 37.9 Å². The Hall–Kier alpha value is -2.84. The standard InChI is InChI=1S/C22H24F2N2O4/c23-18-10-17(11-19(24)12-18)20(25-29)14-26(13-15-4-2-1-3-5-15)21(22(27)28)16-6-8-30-9-7-16/h1-5,10-12,16,21,29H,6-9,13-14H2,(H,27,28)/b25-20-. The minimum absolute atomic E-state index is 0.0114. The molecule has 1 fully saturated rings. The van der Waals surface area contributed by atoms with Gasteiger partial charge in [-0.25, -0.2) is 8.78 Å². The highest BCUT2D eigenvalue weighted by Gasteiger charge is 2.35. The summed E-state index contributed by atoms with van der Waals surface area (Å²) in [5.41, 5.74) is 0.922. The zero-order valence-electron chi connectivity index (χ0n) is 16.4. The first-order chi connectivity index (χ1) is 14.5. The van der Waals surface area contributed by atoms with Crippen molar-refractivity contribution < 1.29 is 28.6 Å². The van der Waals surface area contributed by atoms with E-state index in [9.17, 15) is 23.9 Å². The third-order valence-corrected chi connectivity index (χ3v) is 5.26. The van der Waals surface area contributed by atoms with Gasteiger partial charge in [0.25, 0.3) is 0 Å². The minimum atomic E-state index is -0.999. The minimum Gasteiger partial charge on any atom is -0.480 e. The van der Waals surface area contributed by atoms with Gasteiger partial charge in [0.1, 0.15) is 23.4 Å². The molecule has 1 heterocycles. The average Bonchev–Trinajstić information content (AvgIpc) is 2.72. The Bertz CT molecular complexity index is 866. The Labute approximate surface area is 173 Å². The molecule has 0 spiro atoms. The van der Waals surface area contributed by atoms with Crippen molar-refractivity contribution in [3.63, 3.8) is 0 Å². The van der Waals surface area contributed by atoms with Gasteiger partial charge in [0.15, 0.2) is 0 Å². The van der Waals surface area contributed by atoms with E-state index in [2.05, 4.69) is 5.16 Å². The van der Waals surface area contributed by atoms with E-state index in [4.69, 9.17) is 4.74 Å². The third-order valence-electron chi connectivity index (χ3n) is 5.26. The van der Waals surface area contributed by atoms with Crippen molar-refractivity contribution >= 4 is 11.7 Å². The largest absolute Gasteiger partial charge is 0.480 e.